The van der Waals surface area contributed by atoms with Gasteiger partial charge in [0, 0.05) is 39.1 Å². The van der Waals surface area contributed by atoms with Crippen molar-refractivity contribution in [2.45, 2.75) is 12.8 Å². The molecule has 1 fully saturated rings. The Morgan fingerprint density at radius 3 is 2.76 bits per heavy atom. The number of carbonyl (C=O) groups excluding carboxylic acids is 2. The Morgan fingerprint density at radius 1 is 1.32 bits per heavy atom. The van der Waals surface area contributed by atoms with Crippen molar-refractivity contribution in [1.29, 1.82) is 0 Å². The Balaban J connectivity index is 2.14. The molecule has 0 aliphatic carbocycles. The van der Waals surface area contributed by atoms with E-state index in [-0.39, 0.29) is 11.8 Å². The number of anilines is 1. The van der Waals surface area contributed by atoms with Crippen LogP contribution >= 0.6 is 0 Å². The first kappa shape index (κ1) is 17.3. The summed E-state index contributed by atoms with van der Waals surface area (Å²) in [5.74, 6) is 0.517. The summed E-state index contributed by atoms with van der Waals surface area (Å²) in [5.41, 5.74) is 2.02. The van der Waals surface area contributed by atoms with Gasteiger partial charge in [-0.15, -0.1) is 0 Å². The number of aryl methyl sites for hydroxylation is 1. The molecule has 0 atom stereocenters. The van der Waals surface area contributed by atoms with Gasteiger partial charge in [0.2, 0.25) is 5.91 Å². The van der Waals surface area contributed by atoms with Crippen LogP contribution in [0.5, 0.6) is 5.75 Å². The number of nitrogens with one attached hydrogen (secondary N) is 1. The summed E-state index contributed by atoms with van der Waals surface area (Å²) >= 11 is 0. The second-order valence-corrected chi connectivity index (χ2v) is 6.04. The first-order chi connectivity index (χ1) is 12.1. The molecule has 1 N–H and O–H groups in total. The van der Waals surface area contributed by atoms with Crippen molar-refractivity contribution < 1.29 is 19.1 Å². The first-order valence-corrected chi connectivity index (χ1v) is 8.32. The summed E-state index contributed by atoms with van der Waals surface area (Å²) in [6.07, 6.45) is 1.30. The highest BCUT2D eigenvalue weighted by atomic mass is 16.5. The molecule has 0 saturated carbocycles. The van der Waals surface area contributed by atoms with Crippen molar-refractivity contribution in [2.75, 3.05) is 38.8 Å². The van der Waals surface area contributed by atoms with Crippen LogP contribution in [-0.4, -0.2) is 50.3 Å². The van der Waals surface area contributed by atoms with Crippen molar-refractivity contribution >= 4 is 28.4 Å². The second kappa shape index (κ2) is 7.14. The maximum Gasteiger partial charge on any atom is 0.270 e. The van der Waals surface area contributed by atoms with Crippen LogP contribution in [0.2, 0.25) is 0 Å². The van der Waals surface area contributed by atoms with Crippen LogP contribution in [0.3, 0.4) is 0 Å². The number of hydrogen-bond acceptors (Lipinski definition) is 4. The molecular formula is C18H23N3O4. The molecule has 25 heavy (non-hydrogen) atoms. The molecule has 1 aliphatic rings. The molecule has 1 aromatic carbocycles. The van der Waals surface area contributed by atoms with Gasteiger partial charge in [-0.25, -0.2) is 0 Å². The summed E-state index contributed by atoms with van der Waals surface area (Å²) < 4.78 is 12.1. The third-order valence-corrected chi connectivity index (χ3v) is 4.53. The molecule has 1 saturated heterocycles. The van der Waals surface area contributed by atoms with Crippen LogP contribution in [0, 0.1) is 0 Å². The van der Waals surface area contributed by atoms with E-state index in [0.29, 0.717) is 43.2 Å². The Morgan fingerprint density at radius 2 is 2.12 bits per heavy atom. The van der Waals surface area contributed by atoms with E-state index in [1.165, 1.54) is 0 Å². The molecule has 3 rings (SSSR count). The average molecular weight is 345 g/mol. The second-order valence-electron chi connectivity index (χ2n) is 6.04. The van der Waals surface area contributed by atoms with Crippen LogP contribution in [0.25, 0.3) is 10.9 Å². The summed E-state index contributed by atoms with van der Waals surface area (Å²) in [5, 5.41) is 3.70. The highest BCUT2D eigenvalue weighted by molar-refractivity contribution is 6.14. The van der Waals surface area contributed by atoms with Gasteiger partial charge >= 0.3 is 0 Å². The number of carbonyl (C=O) groups is 2. The number of fused-ring (bicyclic) bond motifs is 1. The van der Waals surface area contributed by atoms with Crippen molar-refractivity contribution in [2.24, 2.45) is 7.05 Å². The van der Waals surface area contributed by atoms with Gasteiger partial charge in [-0.1, -0.05) is 0 Å². The number of nitrogens with zero attached hydrogens (tertiary/aromatic N) is 2. The van der Waals surface area contributed by atoms with E-state index in [4.69, 9.17) is 9.47 Å². The minimum atomic E-state index is -0.218. The zero-order chi connectivity index (χ0) is 18.0. The molecule has 2 amide bonds. The maximum atomic E-state index is 12.8. The lowest BCUT2D eigenvalue weighted by Crippen LogP contribution is -2.32. The molecule has 2 aromatic rings. The Kier molecular flexibility index (Phi) is 4.94. The van der Waals surface area contributed by atoms with Crippen LogP contribution in [0.15, 0.2) is 18.2 Å². The topological polar surface area (TPSA) is 72.8 Å². The fraction of sp³-hybridized carbons (Fsp3) is 0.444. The van der Waals surface area contributed by atoms with Crippen molar-refractivity contribution in [3.8, 4) is 5.75 Å². The molecule has 1 aliphatic heterocycles. The highest BCUT2D eigenvalue weighted by Crippen LogP contribution is 2.37. The van der Waals surface area contributed by atoms with E-state index >= 15 is 0 Å². The number of ether oxygens (including phenoxy) is 2. The monoisotopic (exact) mass is 345 g/mol. The van der Waals surface area contributed by atoms with E-state index in [1.807, 2.05) is 29.8 Å². The van der Waals surface area contributed by atoms with Gasteiger partial charge in [-0.3, -0.25) is 9.59 Å². The largest absolute Gasteiger partial charge is 0.497 e. The van der Waals surface area contributed by atoms with Gasteiger partial charge in [-0.05, 0) is 24.6 Å². The predicted octanol–water partition coefficient (Wildman–Crippen LogP) is 1.69. The van der Waals surface area contributed by atoms with Gasteiger partial charge in [0.05, 0.1) is 24.9 Å². The van der Waals surface area contributed by atoms with Crippen LogP contribution in [0.4, 0.5) is 5.69 Å². The fourth-order valence-corrected chi connectivity index (χ4v) is 3.30. The highest BCUT2D eigenvalue weighted by Gasteiger charge is 2.31. The van der Waals surface area contributed by atoms with Crippen molar-refractivity contribution in [3.63, 3.8) is 0 Å². The van der Waals surface area contributed by atoms with Crippen molar-refractivity contribution in [1.82, 2.24) is 9.88 Å². The smallest absolute Gasteiger partial charge is 0.270 e. The number of aromatic nitrogens is 1. The third kappa shape index (κ3) is 3.07. The van der Waals surface area contributed by atoms with Crippen molar-refractivity contribution in [3.05, 3.63) is 23.9 Å². The minimum Gasteiger partial charge on any atom is -0.497 e. The summed E-state index contributed by atoms with van der Waals surface area (Å²) in [4.78, 5) is 26.9. The summed E-state index contributed by atoms with van der Waals surface area (Å²) in [6, 6.07) is 5.64. The SMILES string of the molecule is COCCNC(=O)c1c(N2CCCC2=O)c2cc(OC)ccc2n1C. The molecule has 1 aromatic heterocycles. The van der Waals surface area contributed by atoms with E-state index in [2.05, 4.69) is 5.32 Å². The maximum absolute atomic E-state index is 12.8. The van der Waals surface area contributed by atoms with E-state index in [1.54, 1.807) is 19.1 Å². The molecule has 0 bridgehead atoms. The van der Waals surface area contributed by atoms with E-state index in [9.17, 15) is 9.59 Å². The van der Waals surface area contributed by atoms with Gasteiger partial charge in [0.1, 0.15) is 11.4 Å². The number of benzene rings is 1. The Bertz CT molecular complexity index is 812. The molecule has 2 heterocycles. The minimum absolute atomic E-state index is 0.0428. The number of methoxy groups -OCH3 is 2. The molecule has 7 heteroatoms. The Hall–Kier alpha value is -2.54. The average Bonchev–Trinajstić information content (AvgIpc) is 3.15. The molecular weight excluding hydrogens is 322 g/mol. The fourth-order valence-electron chi connectivity index (χ4n) is 3.30. The van der Waals surface area contributed by atoms with Crippen LogP contribution in [0.1, 0.15) is 23.3 Å². The van der Waals surface area contributed by atoms with Gasteiger partial charge in [0.25, 0.3) is 5.91 Å². The number of rotatable bonds is 6. The zero-order valence-corrected chi connectivity index (χ0v) is 14.8. The van der Waals surface area contributed by atoms with Gasteiger partial charge < -0.3 is 24.3 Å². The normalized spacial score (nSPS) is 14.4. The molecule has 134 valence electrons. The number of amides is 2. The van der Waals surface area contributed by atoms with Crippen LogP contribution in [-0.2, 0) is 16.6 Å². The van der Waals surface area contributed by atoms with Gasteiger partial charge in [-0.2, -0.15) is 0 Å². The zero-order valence-electron chi connectivity index (χ0n) is 14.8. The first-order valence-electron chi connectivity index (χ1n) is 8.32. The van der Waals surface area contributed by atoms with Gasteiger partial charge in [0.15, 0.2) is 0 Å². The quantitative estimate of drug-likeness (QED) is 0.809. The lowest BCUT2D eigenvalue weighted by molar-refractivity contribution is -0.117. The molecule has 0 unspecified atom stereocenters. The van der Waals surface area contributed by atoms with E-state index in [0.717, 1.165) is 17.3 Å². The summed E-state index contributed by atoms with van der Waals surface area (Å²) in [7, 11) is 5.02. The lowest BCUT2D eigenvalue weighted by atomic mass is 10.2. The third-order valence-electron chi connectivity index (χ3n) is 4.53. The number of hydrogen-bond donors (Lipinski definition) is 1. The molecule has 0 spiro atoms. The van der Waals surface area contributed by atoms with E-state index < -0.39 is 0 Å². The molecule has 0 radical (unpaired) electrons. The summed E-state index contributed by atoms with van der Waals surface area (Å²) in [6.45, 7) is 1.46. The standard InChI is InChI=1S/C18H23N3O4/c1-20-14-7-6-12(25-3)11-13(14)16(21-9-4-5-15(21)22)17(20)18(23)19-8-10-24-2/h6-7,11H,4-5,8-10H2,1-3H3,(H,19,23). The Labute approximate surface area is 146 Å². The van der Waals surface area contributed by atoms with Crippen LogP contribution < -0.4 is 15.0 Å². The molecule has 7 nitrogen and oxygen atoms in total. The predicted molar refractivity (Wildman–Crippen MR) is 95.3 cm³/mol. The lowest BCUT2D eigenvalue weighted by Gasteiger charge is -2.18.